The van der Waals surface area contributed by atoms with Gasteiger partial charge in [0.15, 0.2) is 0 Å². The van der Waals surface area contributed by atoms with Crippen molar-refractivity contribution in [2.75, 3.05) is 0 Å². The number of carbonyl (C=O) groups excluding carboxylic acids is 1. The van der Waals surface area contributed by atoms with Gasteiger partial charge < -0.3 is 11.1 Å². The number of aryl methyl sites for hydroxylation is 2. The lowest BCUT2D eigenvalue weighted by molar-refractivity contribution is -0.123. The quantitative estimate of drug-likeness (QED) is 0.870. The molecule has 2 rings (SSSR count). The summed E-state index contributed by atoms with van der Waals surface area (Å²) in [5, 5.41) is 3.04. The Balaban J connectivity index is 0.00000242. The summed E-state index contributed by atoms with van der Waals surface area (Å²) >= 11 is 0. The summed E-state index contributed by atoms with van der Waals surface area (Å²) < 4.78 is 0. The minimum atomic E-state index is -0.412. The molecule has 1 amide bonds. The highest BCUT2D eigenvalue weighted by atomic mass is 35.5. The first-order valence-corrected chi connectivity index (χ1v) is 8.15. The number of rotatable bonds is 5. The SMILES string of the molecule is CC(C)C[C@H](N)C(=O)NC(C)c1ccc2c(c1)CCCC2.Cl. The zero-order valence-corrected chi connectivity index (χ0v) is 14.7. The molecule has 4 heteroatoms. The molecule has 3 N–H and O–H groups in total. The molecule has 0 heterocycles. The molecule has 2 atom stereocenters. The maximum atomic E-state index is 12.1. The predicted octanol–water partition coefficient (Wildman–Crippen LogP) is 3.54. The Labute approximate surface area is 140 Å². The monoisotopic (exact) mass is 324 g/mol. The lowest BCUT2D eigenvalue weighted by Gasteiger charge is -2.21. The van der Waals surface area contributed by atoms with Crippen molar-refractivity contribution in [3.63, 3.8) is 0 Å². The van der Waals surface area contributed by atoms with Gasteiger partial charge in [-0.1, -0.05) is 32.0 Å². The topological polar surface area (TPSA) is 55.1 Å². The molecule has 0 saturated carbocycles. The summed E-state index contributed by atoms with van der Waals surface area (Å²) in [6, 6.07) is 6.23. The molecule has 0 bridgehead atoms. The van der Waals surface area contributed by atoms with E-state index in [2.05, 4.69) is 37.4 Å². The van der Waals surface area contributed by atoms with Crippen LogP contribution in [0.4, 0.5) is 0 Å². The van der Waals surface area contributed by atoms with Crippen LogP contribution >= 0.6 is 12.4 Å². The number of hydrogen-bond donors (Lipinski definition) is 2. The molecule has 124 valence electrons. The van der Waals surface area contributed by atoms with E-state index in [-0.39, 0.29) is 24.4 Å². The van der Waals surface area contributed by atoms with Gasteiger partial charge in [0.05, 0.1) is 12.1 Å². The van der Waals surface area contributed by atoms with Gasteiger partial charge in [-0.25, -0.2) is 0 Å². The highest BCUT2D eigenvalue weighted by Gasteiger charge is 2.18. The highest BCUT2D eigenvalue weighted by molar-refractivity contribution is 5.85. The largest absolute Gasteiger partial charge is 0.348 e. The number of hydrogen-bond acceptors (Lipinski definition) is 2. The van der Waals surface area contributed by atoms with Gasteiger partial charge in [0.25, 0.3) is 0 Å². The molecule has 0 fully saturated rings. The number of benzene rings is 1. The van der Waals surface area contributed by atoms with Crippen LogP contribution in [0.25, 0.3) is 0 Å². The minimum absolute atomic E-state index is 0. The van der Waals surface area contributed by atoms with Crippen molar-refractivity contribution in [2.45, 2.75) is 65.0 Å². The molecule has 0 spiro atoms. The van der Waals surface area contributed by atoms with Crippen molar-refractivity contribution in [1.29, 1.82) is 0 Å². The summed E-state index contributed by atoms with van der Waals surface area (Å²) in [5.74, 6) is 0.388. The molecule has 0 aromatic heterocycles. The van der Waals surface area contributed by atoms with E-state index in [0.29, 0.717) is 5.92 Å². The zero-order valence-electron chi connectivity index (χ0n) is 13.9. The Hall–Kier alpha value is -1.06. The fourth-order valence-electron chi connectivity index (χ4n) is 3.04. The summed E-state index contributed by atoms with van der Waals surface area (Å²) in [5.41, 5.74) is 10.0. The third-order valence-corrected chi connectivity index (χ3v) is 4.29. The first-order chi connectivity index (χ1) is 9.97. The summed E-state index contributed by atoms with van der Waals surface area (Å²) in [4.78, 5) is 12.1. The normalized spacial score (nSPS) is 16.4. The number of nitrogens with two attached hydrogens (primary N) is 1. The molecule has 0 aliphatic heterocycles. The summed E-state index contributed by atoms with van der Waals surface area (Å²) in [7, 11) is 0. The van der Waals surface area contributed by atoms with E-state index in [4.69, 9.17) is 5.73 Å². The molecule has 1 aromatic rings. The molecule has 1 unspecified atom stereocenters. The van der Waals surface area contributed by atoms with Crippen LogP contribution in [0.5, 0.6) is 0 Å². The molecular weight excluding hydrogens is 296 g/mol. The third kappa shape index (κ3) is 4.99. The molecule has 22 heavy (non-hydrogen) atoms. The summed E-state index contributed by atoms with van der Waals surface area (Å²) in [6.07, 6.45) is 5.65. The predicted molar refractivity (Wildman–Crippen MR) is 94.3 cm³/mol. The van der Waals surface area contributed by atoms with Gasteiger partial charge >= 0.3 is 0 Å². The molecule has 3 nitrogen and oxygen atoms in total. The number of amides is 1. The molecule has 0 radical (unpaired) electrons. The van der Waals surface area contributed by atoms with E-state index >= 15 is 0 Å². The van der Waals surface area contributed by atoms with Gasteiger partial charge in [-0.15, -0.1) is 12.4 Å². The number of carbonyl (C=O) groups is 1. The standard InChI is InChI=1S/C18H28N2O.ClH/c1-12(2)10-17(19)18(21)20-13(3)15-9-8-14-6-4-5-7-16(14)11-15;/h8-9,11-13,17H,4-7,10,19H2,1-3H3,(H,20,21);1H/t13?,17-;/m0./s1. The minimum Gasteiger partial charge on any atom is -0.348 e. The van der Waals surface area contributed by atoms with Gasteiger partial charge in [-0.3, -0.25) is 4.79 Å². The average molecular weight is 325 g/mol. The van der Waals surface area contributed by atoms with Gasteiger partial charge in [-0.2, -0.15) is 0 Å². The van der Waals surface area contributed by atoms with Gasteiger partial charge in [0.1, 0.15) is 0 Å². The van der Waals surface area contributed by atoms with Crippen LogP contribution in [0.1, 0.15) is 62.8 Å². The average Bonchev–Trinajstić information content (AvgIpc) is 2.45. The van der Waals surface area contributed by atoms with Gasteiger partial charge in [0.2, 0.25) is 5.91 Å². The van der Waals surface area contributed by atoms with Crippen LogP contribution < -0.4 is 11.1 Å². The van der Waals surface area contributed by atoms with Crippen molar-refractivity contribution in [3.8, 4) is 0 Å². The smallest absolute Gasteiger partial charge is 0.237 e. The Morgan fingerprint density at radius 1 is 1.18 bits per heavy atom. The number of fused-ring (bicyclic) bond motifs is 1. The first-order valence-electron chi connectivity index (χ1n) is 8.15. The Morgan fingerprint density at radius 3 is 2.45 bits per heavy atom. The van der Waals surface area contributed by atoms with Crippen molar-refractivity contribution in [3.05, 3.63) is 34.9 Å². The summed E-state index contributed by atoms with van der Waals surface area (Å²) in [6.45, 7) is 6.20. The Kier molecular flexibility index (Phi) is 7.37. The fourth-order valence-corrected chi connectivity index (χ4v) is 3.04. The Bertz CT molecular complexity index is 502. The van der Waals surface area contributed by atoms with Crippen LogP contribution in [-0.4, -0.2) is 11.9 Å². The maximum absolute atomic E-state index is 12.1. The van der Waals surface area contributed by atoms with E-state index in [1.807, 2.05) is 6.92 Å². The molecule has 1 aliphatic carbocycles. The zero-order chi connectivity index (χ0) is 15.4. The van der Waals surface area contributed by atoms with Crippen LogP contribution in [0.2, 0.25) is 0 Å². The van der Waals surface area contributed by atoms with Crippen LogP contribution in [0.15, 0.2) is 18.2 Å². The number of halogens is 1. The van der Waals surface area contributed by atoms with E-state index in [0.717, 1.165) is 12.8 Å². The lowest BCUT2D eigenvalue weighted by atomic mass is 9.89. The highest BCUT2D eigenvalue weighted by Crippen LogP contribution is 2.24. The second-order valence-electron chi connectivity index (χ2n) is 6.70. The van der Waals surface area contributed by atoms with Crippen molar-refractivity contribution < 1.29 is 4.79 Å². The fraction of sp³-hybridized carbons (Fsp3) is 0.611. The molecule has 0 saturated heterocycles. The van der Waals surface area contributed by atoms with Crippen molar-refractivity contribution in [1.82, 2.24) is 5.32 Å². The van der Waals surface area contributed by atoms with E-state index < -0.39 is 6.04 Å². The maximum Gasteiger partial charge on any atom is 0.237 e. The van der Waals surface area contributed by atoms with Crippen molar-refractivity contribution in [2.24, 2.45) is 11.7 Å². The van der Waals surface area contributed by atoms with E-state index in [1.54, 1.807) is 0 Å². The second kappa shape index (κ2) is 8.54. The molecule has 1 aliphatic rings. The molecule has 1 aromatic carbocycles. The third-order valence-electron chi connectivity index (χ3n) is 4.29. The van der Waals surface area contributed by atoms with Crippen LogP contribution in [-0.2, 0) is 17.6 Å². The van der Waals surface area contributed by atoms with Crippen LogP contribution in [0.3, 0.4) is 0 Å². The lowest BCUT2D eigenvalue weighted by Crippen LogP contribution is -2.42. The van der Waals surface area contributed by atoms with Crippen molar-refractivity contribution >= 4 is 18.3 Å². The van der Waals surface area contributed by atoms with E-state index in [1.165, 1.54) is 36.0 Å². The van der Waals surface area contributed by atoms with E-state index in [9.17, 15) is 4.79 Å². The number of nitrogens with one attached hydrogen (secondary N) is 1. The van der Waals surface area contributed by atoms with Gasteiger partial charge in [0, 0.05) is 0 Å². The van der Waals surface area contributed by atoms with Crippen LogP contribution in [0, 0.1) is 5.92 Å². The first kappa shape index (κ1) is 19.0. The molecular formula is C18H29ClN2O. The second-order valence-corrected chi connectivity index (χ2v) is 6.70. The van der Waals surface area contributed by atoms with Gasteiger partial charge in [-0.05, 0) is 61.6 Å². The Morgan fingerprint density at radius 2 is 1.82 bits per heavy atom.